The van der Waals surface area contributed by atoms with Crippen LogP contribution < -0.4 is 10.2 Å². The van der Waals surface area contributed by atoms with Gasteiger partial charge in [0, 0.05) is 23.1 Å². The van der Waals surface area contributed by atoms with Crippen LogP contribution in [0.25, 0.3) is 11.1 Å². The molecule has 0 aromatic heterocycles. The molecule has 2 aromatic carbocycles. The van der Waals surface area contributed by atoms with Gasteiger partial charge in [-0.15, -0.1) is 0 Å². The first-order valence-electron chi connectivity index (χ1n) is 18.2. The van der Waals surface area contributed by atoms with Gasteiger partial charge in [-0.2, -0.15) is 0 Å². The Hall–Kier alpha value is -4.20. The number of carboxylic acid groups (broad SMARTS) is 2. The highest BCUT2D eigenvalue weighted by Crippen LogP contribution is 2.17. The summed E-state index contributed by atoms with van der Waals surface area (Å²) in [7, 11) is 0. The van der Waals surface area contributed by atoms with Gasteiger partial charge in [-0.3, -0.25) is 0 Å². The molecule has 0 heterocycles. The third-order valence-electron chi connectivity index (χ3n) is 7.59. The fourth-order valence-corrected chi connectivity index (χ4v) is 4.70. The molecule has 8 heteroatoms. The van der Waals surface area contributed by atoms with Crippen LogP contribution in [0.4, 0.5) is 0 Å². The van der Waals surface area contributed by atoms with Gasteiger partial charge in [0.05, 0.1) is 13.2 Å². The Morgan fingerprint density at radius 2 is 0.720 bits per heavy atom. The molecule has 0 unspecified atom stereocenters. The van der Waals surface area contributed by atoms with Gasteiger partial charge in [0.2, 0.25) is 0 Å². The lowest BCUT2D eigenvalue weighted by Gasteiger charge is -2.04. The largest absolute Gasteiger partial charge is 0.550 e. The lowest BCUT2D eigenvalue weighted by Crippen LogP contribution is -2.21. The van der Waals surface area contributed by atoms with Crippen molar-refractivity contribution in [3.63, 3.8) is 0 Å². The zero-order valence-electron chi connectivity index (χ0n) is 30.6. The van der Waals surface area contributed by atoms with Crippen LogP contribution in [-0.4, -0.2) is 37.1 Å². The van der Waals surface area contributed by atoms with Gasteiger partial charge in [-0.25, -0.2) is 9.59 Å². The molecule has 0 spiro atoms. The molecule has 0 saturated heterocycles. The van der Waals surface area contributed by atoms with Crippen molar-refractivity contribution in [3.05, 3.63) is 85.0 Å². The van der Waals surface area contributed by atoms with Crippen molar-refractivity contribution < 1.29 is 38.9 Å². The van der Waals surface area contributed by atoms with Gasteiger partial charge in [-0.1, -0.05) is 151 Å². The monoisotopic (exact) mass is 692 g/mol. The minimum atomic E-state index is -0.954. The number of esters is 2. The number of carbonyl (C=O) groups is 4. The van der Waals surface area contributed by atoms with E-state index in [4.69, 9.17) is 9.47 Å². The number of hydrogen-bond donors (Lipinski definition) is 0. The Balaban J connectivity index is 0.000000737. The number of aliphatic carboxylic acids is 2. The zero-order valence-corrected chi connectivity index (χ0v) is 30.6. The molecule has 0 N–H and O–H groups in total. The Labute approximate surface area is 301 Å². The molecule has 0 fully saturated rings. The lowest BCUT2D eigenvalue weighted by atomic mass is 10.1. The summed E-state index contributed by atoms with van der Waals surface area (Å²) in [4.78, 5) is 42.5. The second-order valence-electron chi connectivity index (χ2n) is 12.5. The predicted molar refractivity (Wildman–Crippen MR) is 197 cm³/mol. The maximum atomic E-state index is 11.1. The van der Waals surface area contributed by atoms with Crippen LogP contribution in [0.15, 0.2) is 85.0 Å². The van der Waals surface area contributed by atoms with Crippen molar-refractivity contribution in [1.82, 2.24) is 0 Å². The van der Waals surface area contributed by atoms with E-state index in [0.29, 0.717) is 24.4 Å². The topological polar surface area (TPSA) is 133 Å². The van der Waals surface area contributed by atoms with Gasteiger partial charge < -0.3 is 29.3 Å². The Morgan fingerprint density at radius 3 is 0.980 bits per heavy atom. The van der Waals surface area contributed by atoms with E-state index in [0.717, 1.165) is 103 Å². The first-order chi connectivity index (χ1) is 24.0. The highest BCUT2D eigenvalue weighted by atomic mass is 16.5. The SMILES string of the molecule is C=C(C)C(=O)OCCCCCCCCCCC(=O)[O-].C=C(C)C(=O)OCCCCCCCCCCC(=O)[O-].c1ccc(-c2ccccc2)cc1. The van der Waals surface area contributed by atoms with E-state index in [1.165, 1.54) is 11.1 Å². The average molecular weight is 693 g/mol. The molecule has 278 valence electrons. The van der Waals surface area contributed by atoms with Crippen molar-refractivity contribution in [2.45, 2.75) is 129 Å². The standard InChI is InChI=1S/2C15H26O4.C12H10/c2*1-13(2)15(18)19-12-10-8-6-4-3-5-7-9-11-14(16)17;1-3-7-11(8-4-1)12-9-5-2-6-10-12/h2*1,3-12H2,2H3,(H,16,17);1-10H/p-2. The summed E-state index contributed by atoms with van der Waals surface area (Å²) in [5, 5.41) is 20.3. The number of ether oxygens (including phenoxy) is 2. The van der Waals surface area contributed by atoms with Gasteiger partial charge in [0.25, 0.3) is 0 Å². The zero-order chi connectivity index (χ0) is 37.2. The molecule has 0 radical (unpaired) electrons. The number of hydrogen-bond acceptors (Lipinski definition) is 8. The first kappa shape index (κ1) is 45.8. The molecule has 50 heavy (non-hydrogen) atoms. The Morgan fingerprint density at radius 1 is 0.460 bits per heavy atom. The van der Waals surface area contributed by atoms with Gasteiger partial charge in [0.1, 0.15) is 0 Å². The molecular weight excluding hydrogens is 632 g/mol. The first-order valence-corrected chi connectivity index (χ1v) is 18.2. The van der Waals surface area contributed by atoms with Crippen LogP contribution in [0.2, 0.25) is 0 Å². The van der Waals surface area contributed by atoms with E-state index in [1.54, 1.807) is 13.8 Å². The van der Waals surface area contributed by atoms with Gasteiger partial charge >= 0.3 is 11.9 Å². The number of carbonyl (C=O) groups excluding carboxylic acids is 4. The number of unbranched alkanes of at least 4 members (excludes halogenated alkanes) is 14. The molecule has 0 bridgehead atoms. The van der Waals surface area contributed by atoms with Crippen LogP contribution >= 0.6 is 0 Å². The Kier molecular flexibility index (Phi) is 29.3. The summed E-state index contributed by atoms with van der Waals surface area (Å²) >= 11 is 0. The van der Waals surface area contributed by atoms with E-state index >= 15 is 0 Å². The fourth-order valence-electron chi connectivity index (χ4n) is 4.70. The molecule has 8 nitrogen and oxygen atoms in total. The minimum Gasteiger partial charge on any atom is -0.550 e. The van der Waals surface area contributed by atoms with Gasteiger partial charge in [-0.05, 0) is 63.5 Å². The van der Waals surface area contributed by atoms with Crippen molar-refractivity contribution in [2.75, 3.05) is 13.2 Å². The third-order valence-corrected chi connectivity index (χ3v) is 7.59. The summed E-state index contributed by atoms with van der Waals surface area (Å²) in [6.45, 7) is 11.3. The molecule has 0 aliphatic carbocycles. The maximum Gasteiger partial charge on any atom is 0.333 e. The van der Waals surface area contributed by atoms with Crippen molar-refractivity contribution >= 4 is 23.9 Å². The van der Waals surface area contributed by atoms with E-state index < -0.39 is 11.9 Å². The van der Waals surface area contributed by atoms with E-state index in [2.05, 4.69) is 61.7 Å². The maximum absolute atomic E-state index is 11.1. The second kappa shape index (κ2) is 32.0. The minimum absolute atomic E-state index is 0.175. The van der Waals surface area contributed by atoms with Crippen LogP contribution in [0, 0.1) is 0 Å². The molecule has 0 aliphatic rings. The highest BCUT2D eigenvalue weighted by Gasteiger charge is 2.03. The number of benzene rings is 2. The lowest BCUT2D eigenvalue weighted by molar-refractivity contribution is -0.307. The third kappa shape index (κ3) is 29.9. The molecule has 0 saturated carbocycles. The quantitative estimate of drug-likeness (QED) is 0.0579. The summed E-state index contributed by atoms with van der Waals surface area (Å²) in [5.74, 6) is -2.53. The van der Waals surface area contributed by atoms with Crippen LogP contribution in [0.5, 0.6) is 0 Å². The van der Waals surface area contributed by atoms with Gasteiger partial charge in [0.15, 0.2) is 0 Å². The van der Waals surface area contributed by atoms with E-state index in [9.17, 15) is 29.4 Å². The summed E-state index contributed by atoms with van der Waals surface area (Å²) in [6, 6.07) is 20.8. The van der Waals surface area contributed by atoms with Crippen molar-refractivity contribution in [2.24, 2.45) is 0 Å². The van der Waals surface area contributed by atoms with Crippen LogP contribution in [-0.2, 0) is 28.7 Å². The van der Waals surface area contributed by atoms with E-state index in [-0.39, 0.29) is 24.8 Å². The predicted octanol–water partition coefficient (Wildman–Crippen LogP) is 8.09. The normalized spacial score (nSPS) is 10.0. The average Bonchev–Trinajstić information content (AvgIpc) is 3.10. The summed E-state index contributed by atoms with van der Waals surface area (Å²) in [6.07, 6.45) is 16.6. The highest BCUT2D eigenvalue weighted by molar-refractivity contribution is 5.87. The molecule has 0 amide bonds. The molecule has 0 aliphatic heterocycles. The Bertz CT molecular complexity index is 1110. The molecule has 2 aromatic rings. The summed E-state index contributed by atoms with van der Waals surface area (Å²) < 4.78 is 9.97. The molecule has 2 rings (SSSR count). The van der Waals surface area contributed by atoms with Crippen LogP contribution in [0.1, 0.15) is 129 Å². The van der Waals surface area contributed by atoms with Crippen molar-refractivity contribution in [3.8, 4) is 11.1 Å². The van der Waals surface area contributed by atoms with Crippen molar-refractivity contribution in [1.29, 1.82) is 0 Å². The molecule has 0 atom stereocenters. The smallest absolute Gasteiger partial charge is 0.333 e. The number of carboxylic acids is 2. The second-order valence-corrected chi connectivity index (χ2v) is 12.5. The van der Waals surface area contributed by atoms with E-state index in [1.807, 2.05) is 12.1 Å². The summed E-state index contributed by atoms with van der Waals surface area (Å²) in [5.41, 5.74) is 3.43. The fraction of sp³-hybridized carbons (Fsp3) is 0.524. The number of rotatable bonds is 25. The molecular formula is C42H60O8-2. The van der Waals surface area contributed by atoms with Crippen LogP contribution in [0.3, 0.4) is 0 Å².